The van der Waals surface area contributed by atoms with E-state index in [9.17, 15) is 0 Å². The second kappa shape index (κ2) is 6.68. The molecule has 0 aliphatic heterocycles. The van der Waals surface area contributed by atoms with Gasteiger partial charge in [-0.25, -0.2) is 0 Å². The number of benzene rings is 2. The van der Waals surface area contributed by atoms with E-state index in [2.05, 4.69) is 108 Å². The molecule has 0 heterocycles. The summed E-state index contributed by atoms with van der Waals surface area (Å²) in [6.45, 7) is 20.1. The minimum Gasteiger partial charge on any atom is -0.0763 e. The number of fused-ring (bicyclic) bond motifs is 2. The predicted octanol–water partition coefficient (Wildman–Crippen LogP) is 7.96. The Morgan fingerprint density at radius 2 is 1.34 bits per heavy atom. The van der Waals surface area contributed by atoms with Crippen molar-refractivity contribution in [3.63, 3.8) is 0 Å². The van der Waals surface area contributed by atoms with Gasteiger partial charge in [0, 0.05) is 5.92 Å². The molecule has 0 saturated heterocycles. The van der Waals surface area contributed by atoms with E-state index < -0.39 is 16.1 Å². The molecule has 152 valence electrons. The first kappa shape index (κ1) is 20.6. The van der Waals surface area contributed by atoms with Gasteiger partial charge in [0.05, 0.1) is 16.1 Å². The summed E-state index contributed by atoms with van der Waals surface area (Å²) in [5.41, 5.74) is 7.96. The van der Waals surface area contributed by atoms with Crippen molar-refractivity contribution in [3.05, 3.63) is 82.4 Å². The summed E-state index contributed by atoms with van der Waals surface area (Å²) in [7, 11) is -2.88. The third-order valence-corrected chi connectivity index (χ3v) is 11.1. The van der Waals surface area contributed by atoms with E-state index >= 15 is 0 Å². The van der Waals surface area contributed by atoms with Gasteiger partial charge in [0.1, 0.15) is 0 Å². The van der Waals surface area contributed by atoms with Gasteiger partial charge in [0.15, 0.2) is 0 Å². The van der Waals surface area contributed by atoms with Crippen molar-refractivity contribution in [2.75, 3.05) is 0 Å². The molecular formula is C27H36Si2. The maximum absolute atomic E-state index is 2.66. The normalized spacial score (nSPS) is 19.3. The quantitative estimate of drug-likeness (QED) is 0.443. The first-order chi connectivity index (χ1) is 13.4. The minimum absolute atomic E-state index is 0.117. The molecule has 0 nitrogen and oxygen atoms in total. The lowest BCUT2D eigenvalue weighted by Crippen LogP contribution is -2.29. The van der Waals surface area contributed by atoms with Crippen LogP contribution in [0.1, 0.15) is 42.0 Å². The van der Waals surface area contributed by atoms with Crippen LogP contribution in [0.4, 0.5) is 0 Å². The van der Waals surface area contributed by atoms with E-state index in [-0.39, 0.29) is 5.41 Å². The molecule has 0 fully saturated rings. The topological polar surface area (TPSA) is 0 Å². The van der Waals surface area contributed by atoms with Gasteiger partial charge < -0.3 is 0 Å². The molecule has 0 N–H and O–H groups in total. The number of rotatable bonds is 4. The number of hydrogen-bond acceptors (Lipinski definition) is 0. The van der Waals surface area contributed by atoms with Crippen LogP contribution in [0.3, 0.4) is 0 Å². The van der Waals surface area contributed by atoms with Gasteiger partial charge in [0.2, 0.25) is 0 Å². The highest BCUT2D eigenvalue weighted by molar-refractivity contribution is 6.94. The van der Waals surface area contributed by atoms with E-state index in [0.717, 1.165) is 6.42 Å². The summed E-state index contributed by atoms with van der Waals surface area (Å²) in [6, 6.07) is 18.4. The lowest BCUT2D eigenvalue weighted by molar-refractivity contribution is 0.396. The highest BCUT2D eigenvalue weighted by Gasteiger charge is 2.44. The lowest BCUT2D eigenvalue weighted by atomic mass is 9.70. The average Bonchev–Trinajstić information content (AvgIpc) is 3.21. The van der Waals surface area contributed by atoms with Crippen molar-refractivity contribution in [2.45, 2.75) is 65.5 Å². The summed E-state index contributed by atoms with van der Waals surface area (Å²) < 4.78 is 0. The van der Waals surface area contributed by atoms with E-state index in [1.54, 1.807) is 21.5 Å². The van der Waals surface area contributed by atoms with Crippen LogP contribution in [0, 0.1) is 5.41 Å². The Kier molecular flexibility index (Phi) is 4.75. The van der Waals surface area contributed by atoms with Gasteiger partial charge >= 0.3 is 0 Å². The SMILES string of the molecule is CC(C)(C1=C([Si](C)(C)C)c2ccccc2C1)C1C=C([Si](C)(C)C)c2ccccc21. The van der Waals surface area contributed by atoms with Crippen LogP contribution in [0.15, 0.2) is 60.2 Å². The molecule has 2 aromatic carbocycles. The molecule has 2 aliphatic rings. The van der Waals surface area contributed by atoms with Crippen LogP contribution in [-0.2, 0) is 6.42 Å². The maximum atomic E-state index is 2.66. The van der Waals surface area contributed by atoms with Crippen molar-refractivity contribution in [1.29, 1.82) is 0 Å². The predicted molar refractivity (Wildman–Crippen MR) is 135 cm³/mol. The van der Waals surface area contributed by atoms with Gasteiger partial charge in [0.25, 0.3) is 0 Å². The van der Waals surface area contributed by atoms with Gasteiger partial charge in [-0.15, -0.1) is 0 Å². The highest BCUT2D eigenvalue weighted by atomic mass is 28.3. The standard InChI is InChI=1S/C27H36Si2/c1-27(2,23-18-25(28(3,4)5)22-16-12-11-15-21(22)23)24-17-19-13-9-10-14-20(19)26(24)29(6,7)8/h9-16,18,23H,17H2,1-8H3. The average molecular weight is 417 g/mol. The van der Waals surface area contributed by atoms with Gasteiger partial charge in [-0.05, 0) is 34.1 Å². The van der Waals surface area contributed by atoms with E-state index in [1.165, 1.54) is 16.7 Å². The molecule has 2 aliphatic carbocycles. The fourth-order valence-electron chi connectivity index (χ4n) is 5.56. The Morgan fingerprint density at radius 1 is 0.759 bits per heavy atom. The van der Waals surface area contributed by atoms with E-state index in [0.29, 0.717) is 5.92 Å². The van der Waals surface area contributed by atoms with Crippen molar-refractivity contribution >= 4 is 26.5 Å². The van der Waals surface area contributed by atoms with Crippen LogP contribution in [0.2, 0.25) is 39.3 Å². The fraction of sp³-hybridized carbons (Fsp3) is 0.407. The third-order valence-electron chi connectivity index (χ3n) is 6.99. The van der Waals surface area contributed by atoms with Crippen molar-refractivity contribution in [3.8, 4) is 0 Å². The molecule has 1 atom stereocenters. The molecule has 4 rings (SSSR count). The van der Waals surface area contributed by atoms with E-state index in [4.69, 9.17) is 0 Å². The molecule has 0 aromatic heterocycles. The molecule has 0 saturated carbocycles. The third kappa shape index (κ3) is 3.35. The first-order valence-corrected chi connectivity index (χ1v) is 18.1. The van der Waals surface area contributed by atoms with Crippen molar-refractivity contribution < 1.29 is 0 Å². The maximum Gasteiger partial charge on any atom is 0.0783 e. The minimum atomic E-state index is -1.48. The molecule has 0 spiro atoms. The van der Waals surface area contributed by atoms with Crippen LogP contribution in [-0.4, -0.2) is 16.1 Å². The van der Waals surface area contributed by atoms with Crippen LogP contribution >= 0.6 is 0 Å². The summed E-state index contributed by atoms with van der Waals surface area (Å²) in [6.07, 6.45) is 3.78. The lowest BCUT2D eigenvalue weighted by Gasteiger charge is -2.37. The fourth-order valence-corrected chi connectivity index (χ4v) is 9.64. The molecule has 0 bridgehead atoms. The Bertz CT molecular complexity index is 1020. The van der Waals surface area contributed by atoms with Gasteiger partial charge in [-0.2, -0.15) is 0 Å². The number of hydrogen-bond donors (Lipinski definition) is 0. The molecule has 0 amide bonds. The second-order valence-corrected chi connectivity index (χ2v) is 21.6. The first-order valence-electron chi connectivity index (χ1n) is 11.1. The number of allylic oxidation sites excluding steroid dienone is 2. The molecule has 2 aromatic rings. The summed E-state index contributed by atoms with van der Waals surface area (Å²) >= 11 is 0. The van der Waals surface area contributed by atoms with Gasteiger partial charge in [-0.1, -0.05) is 124 Å². The summed E-state index contributed by atoms with van der Waals surface area (Å²) in [5.74, 6) is 0.469. The Morgan fingerprint density at radius 3 is 1.97 bits per heavy atom. The Labute approximate surface area is 179 Å². The summed E-state index contributed by atoms with van der Waals surface area (Å²) in [5, 5.41) is 3.36. The van der Waals surface area contributed by atoms with Gasteiger partial charge in [-0.3, -0.25) is 0 Å². The van der Waals surface area contributed by atoms with Crippen LogP contribution in [0.25, 0.3) is 10.4 Å². The second-order valence-electron chi connectivity index (χ2n) is 11.6. The zero-order valence-corrected chi connectivity index (χ0v) is 21.5. The smallest absolute Gasteiger partial charge is 0.0763 e. The highest BCUT2D eigenvalue weighted by Crippen LogP contribution is 2.55. The summed E-state index contributed by atoms with van der Waals surface area (Å²) in [4.78, 5) is 0. The molecule has 29 heavy (non-hydrogen) atoms. The monoisotopic (exact) mass is 416 g/mol. The molecule has 0 radical (unpaired) electrons. The molecule has 1 unspecified atom stereocenters. The Hall–Kier alpha value is -1.65. The van der Waals surface area contributed by atoms with E-state index in [1.807, 2.05) is 0 Å². The Balaban J connectivity index is 1.91. The zero-order chi connectivity index (χ0) is 21.2. The van der Waals surface area contributed by atoms with Crippen molar-refractivity contribution in [1.82, 2.24) is 0 Å². The zero-order valence-electron chi connectivity index (χ0n) is 19.5. The van der Waals surface area contributed by atoms with Crippen molar-refractivity contribution in [2.24, 2.45) is 5.41 Å². The van der Waals surface area contributed by atoms with Crippen LogP contribution < -0.4 is 0 Å². The van der Waals surface area contributed by atoms with Crippen LogP contribution in [0.5, 0.6) is 0 Å². The largest absolute Gasteiger partial charge is 0.0783 e. The molecule has 2 heteroatoms. The molecular weight excluding hydrogens is 380 g/mol.